The molecule has 0 aliphatic carbocycles. The van der Waals surface area contributed by atoms with Crippen LogP contribution in [0.1, 0.15) is 38.2 Å². The first kappa shape index (κ1) is 16.3. The second-order valence-corrected chi connectivity index (χ2v) is 5.84. The van der Waals surface area contributed by atoms with Crippen LogP contribution in [0.25, 0.3) is 0 Å². The number of ether oxygens (including phenoxy) is 3. The van der Waals surface area contributed by atoms with Gasteiger partial charge in [0.05, 0.1) is 12.7 Å². The molecule has 1 aromatic carbocycles. The van der Waals surface area contributed by atoms with Crippen molar-refractivity contribution in [3.8, 4) is 5.75 Å². The zero-order valence-electron chi connectivity index (χ0n) is 13.0. The molecule has 1 unspecified atom stereocenters. The van der Waals surface area contributed by atoms with Gasteiger partial charge in [-0.15, -0.1) is 0 Å². The molecular weight excluding hydrogens is 268 g/mol. The minimum atomic E-state index is -0.601. The molecule has 0 spiro atoms. The van der Waals surface area contributed by atoms with E-state index >= 15 is 0 Å². The van der Waals surface area contributed by atoms with Crippen LogP contribution in [0.2, 0.25) is 0 Å². The lowest BCUT2D eigenvalue weighted by Crippen LogP contribution is -2.30. The number of aliphatic hydroxyl groups is 1. The number of hydrogen-bond acceptors (Lipinski definition) is 4. The molecule has 1 heterocycles. The van der Waals surface area contributed by atoms with E-state index in [1.54, 1.807) is 0 Å². The molecule has 1 atom stereocenters. The molecule has 1 fully saturated rings. The number of aliphatic hydroxyl groups excluding tert-OH is 1. The molecule has 1 saturated heterocycles. The van der Waals surface area contributed by atoms with Crippen molar-refractivity contribution in [1.82, 2.24) is 0 Å². The maximum absolute atomic E-state index is 9.94. The summed E-state index contributed by atoms with van der Waals surface area (Å²) in [5.41, 5.74) is 1.24. The molecule has 4 nitrogen and oxygen atoms in total. The summed E-state index contributed by atoms with van der Waals surface area (Å²) in [4.78, 5) is 0. The van der Waals surface area contributed by atoms with E-state index in [-0.39, 0.29) is 12.7 Å². The zero-order valence-corrected chi connectivity index (χ0v) is 13.0. The first-order valence-corrected chi connectivity index (χ1v) is 7.75. The van der Waals surface area contributed by atoms with Crippen molar-refractivity contribution in [3.05, 3.63) is 29.8 Å². The Balaban J connectivity index is 1.70. The highest BCUT2D eigenvalue weighted by atomic mass is 16.5. The Hall–Kier alpha value is -1.10. The Labute approximate surface area is 127 Å². The molecular formula is C17H26O4. The van der Waals surface area contributed by atoms with Crippen molar-refractivity contribution >= 4 is 0 Å². The van der Waals surface area contributed by atoms with E-state index in [2.05, 4.69) is 19.9 Å². The predicted molar refractivity (Wildman–Crippen MR) is 81.8 cm³/mol. The van der Waals surface area contributed by atoms with Crippen LogP contribution in [0.15, 0.2) is 24.3 Å². The molecule has 118 valence electrons. The molecule has 0 saturated carbocycles. The number of hydrogen-bond donors (Lipinski definition) is 1. The molecule has 1 aromatic rings. The molecule has 1 N–H and O–H groups in total. The summed E-state index contributed by atoms with van der Waals surface area (Å²) >= 11 is 0. The molecule has 2 rings (SSSR count). The first-order valence-electron chi connectivity index (χ1n) is 7.75. The summed E-state index contributed by atoms with van der Waals surface area (Å²) in [6.45, 7) is 6.36. The van der Waals surface area contributed by atoms with E-state index in [9.17, 15) is 5.11 Å². The summed E-state index contributed by atoms with van der Waals surface area (Å²) in [5, 5.41) is 9.94. The second kappa shape index (κ2) is 8.37. The van der Waals surface area contributed by atoms with Gasteiger partial charge in [-0.1, -0.05) is 26.0 Å². The van der Waals surface area contributed by atoms with Gasteiger partial charge in [0.2, 0.25) is 0 Å². The summed E-state index contributed by atoms with van der Waals surface area (Å²) in [5.74, 6) is 1.27. The van der Waals surface area contributed by atoms with E-state index in [0.717, 1.165) is 31.8 Å². The smallest absolute Gasteiger partial charge is 0.119 e. The number of benzene rings is 1. The fourth-order valence-electron chi connectivity index (χ4n) is 2.29. The van der Waals surface area contributed by atoms with Crippen LogP contribution in [0, 0.1) is 0 Å². The normalized spacial score (nSPS) is 17.9. The summed E-state index contributed by atoms with van der Waals surface area (Å²) in [7, 11) is 0. The summed E-state index contributed by atoms with van der Waals surface area (Å²) in [6.07, 6.45) is 1.42. The minimum Gasteiger partial charge on any atom is -0.491 e. The Bertz CT molecular complexity index is 413. The largest absolute Gasteiger partial charge is 0.491 e. The lowest BCUT2D eigenvalue weighted by Gasteiger charge is -2.23. The van der Waals surface area contributed by atoms with Gasteiger partial charge in [0.15, 0.2) is 0 Å². The van der Waals surface area contributed by atoms with Gasteiger partial charge in [0, 0.05) is 13.2 Å². The van der Waals surface area contributed by atoms with Gasteiger partial charge in [-0.3, -0.25) is 0 Å². The van der Waals surface area contributed by atoms with Crippen molar-refractivity contribution < 1.29 is 19.3 Å². The molecule has 21 heavy (non-hydrogen) atoms. The molecule has 0 bridgehead atoms. The zero-order chi connectivity index (χ0) is 15.1. The third kappa shape index (κ3) is 5.65. The lowest BCUT2D eigenvalue weighted by atomic mass is 10.0. The maximum atomic E-state index is 9.94. The van der Waals surface area contributed by atoms with Gasteiger partial charge in [-0.25, -0.2) is 0 Å². The van der Waals surface area contributed by atoms with Gasteiger partial charge >= 0.3 is 0 Å². The molecule has 1 aliphatic heterocycles. The van der Waals surface area contributed by atoms with Crippen LogP contribution < -0.4 is 4.74 Å². The van der Waals surface area contributed by atoms with Crippen LogP contribution in [0.3, 0.4) is 0 Å². The van der Waals surface area contributed by atoms with Gasteiger partial charge < -0.3 is 19.3 Å². The van der Waals surface area contributed by atoms with Crippen LogP contribution in [-0.2, 0) is 9.47 Å². The lowest BCUT2D eigenvalue weighted by molar-refractivity contribution is -0.0659. The van der Waals surface area contributed by atoms with Crippen molar-refractivity contribution in [2.45, 2.75) is 44.8 Å². The highest BCUT2D eigenvalue weighted by Crippen LogP contribution is 2.20. The van der Waals surface area contributed by atoms with Crippen LogP contribution >= 0.6 is 0 Å². The van der Waals surface area contributed by atoms with Crippen LogP contribution in [-0.4, -0.2) is 43.7 Å². The third-order valence-corrected chi connectivity index (χ3v) is 3.66. The van der Waals surface area contributed by atoms with Crippen molar-refractivity contribution in [2.24, 2.45) is 0 Å². The number of rotatable bonds is 7. The molecule has 0 radical (unpaired) electrons. The summed E-state index contributed by atoms with van der Waals surface area (Å²) < 4.78 is 16.6. The van der Waals surface area contributed by atoms with E-state index < -0.39 is 6.10 Å². The second-order valence-electron chi connectivity index (χ2n) is 5.84. The molecule has 4 heteroatoms. The van der Waals surface area contributed by atoms with E-state index in [1.807, 2.05) is 18.2 Å². The van der Waals surface area contributed by atoms with Crippen molar-refractivity contribution in [3.63, 3.8) is 0 Å². The average Bonchev–Trinajstić information content (AvgIpc) is 2.52. The average molecular weight is 294 g/mol. The third-order valence-electron chi connectivity index (χ3n) is 3.66. The van der Waals surface area contributed by atoms with Crippen molar-refractivity contribution in [1.29, 1.82) is 0 Å². The van der Waals surface area contributed by atoms with Gasteiger partial charge in [0.1, 0.15) is 18.5 Å². The standard InChI is InChI=1S/C17H26O4/c1-13(2)14-4-3-5-17(10-14)21-12-15(18)11-20-16-6-8-19-9-7-16/h3-5,10,13,15-16,18H,6-9,11-12H2,1-2H3. The Morgan fingerprint density at radius 3 is 2.71 bits per heavy atom. The van der Waals surface area contributed by atoms with Crippen LogP contribution in [0.4, 0.5) is 0 Å². The first-order chi connectivity index (χ1) is 10.1. The SMILES string of the molecule is CC(C)c1cccc(OCC(O)COC2CCOCC2)c1. The van der Waals surface area contributed by atoms with Gasteiger partial charge in [-0.05, 0) is 36.5 Å². The minimum absolute atomic E-state index is 0.206. The maximum Gasteiger partial charge on any atom is 0.119 e. The van der Waals surface area contributed by atoms with E-state index in [1.165, 1.54) is 5.56 Å². The summed E-state index contributed by atoms with van der Waals surface area (Å²) in [6, 6.07) is 8.01. The monoisotopic (exact) mass is 294 g/mol. The van der Waals surface area contributed by atoms with Crippen LogP contribution in [0.5, 0.6) is 5.75 Å². The van der Waals surface area contributed by atoms with Gasteiger partial charge in [0.25, 0.3) is 0 Å². The predicted octanol–water partition coefficient (Wildman–Crippen LogP) is 2.75. The van der Waals surface area contributed by atoms with Crippen molar-refractivity contribution in [2.75, 3.05) is 26.4 Å². The Kier molecular flexibility index (Phi) is 6.49. The molecule has 0 amide bonds. The highest BCUT2D eigenvalue weighted by molar-refractivity contribution is 5.30. The van der Waals surface area contributed by atoms with E-state index in [0.29, 0.717) is 12.5 Å². The molecule has 1 aliphatic rings. The van der Waals surface area contributed by atoms with Gasteiger partial charge in [-0.2, -0.15) is 0 Å². The molecule has 0 aromatic heterocycles. The van der Waals surface area contributed by atoms with E-state index in [4.69, 9.17) is 14.2 Å². The topological polar surface area (TPSA) is 47.9 Å². The fourth-order valence-corrected chi connectivity index (χ4v) is 2.29. The Morgan fingerprint density at radius 1 is 1.24 bits per heavy atom. The Morgan fingerprint density at radius 2 is 2.00 bits per heavy atom. The highest BCUT2D eigenvalue weighted by Gasteiger charge is 2.16. The fraction of sp³-hybridized carbons (Fsp3) is 0.647. The quantitative estimate of drug-likeness (QED) is 0.840.